The summed E-state index contributed by atoms with van der Waals surface area (Å²) in [7, 11) is 1.83. The second kappa shape index (κ2) is 7.22. The topological polar surface area (TPSA) is 67.4 Å². The zero-order valence-corrected chi connectivity index (χ0v) is 10.6. The smallest absolute Gasteiger partial charge is 0.331 e. The van der Waals surface area contributed by atoms with Gasteiger partial charge in [0.1, 0.15) is 5.54 Å². The van der Waals surface area contributed by atoms with Crippen molar-refractivity contribution in [3.8, 4) is 0 Å². The van der Waals surface area contributed by atoms with Crippen molar-refractivity contribution in [2.45, 2.75) is 39.2 Å². The number of amides is 1. The van der Waals surface area contributed by atoms with Crippen LogP contribution in [0, 0.1) is 0 Å². The molecule has 0 aromatic carbocycles. The van der Waals surface area contributed by atoms with Crippen LogP contribution in [0.5, 0.6) is 0 Å². The van der Waals surface area contributed by atoms with Gasteiger partial charge in [-0.2, -0.15) is 0 Å². The number of esters is 1. The van der Waals surface area contributed by atoms with Crippen LogP contribution in [-0.4, -0.2) is 37.6 Å². The number of carbonyl (C=O) groups is 2. The van der Waals surface area contributed by atoms with E-state index in [1.165, 1.54) is 0 Å². The van der Waals surface area contributed by atoms with Crippen molar-refractivity contribution in [3.05, 3.63) is 0 Å². The van der Waals surface area contributed by atoms with E-state index in [-0.39, 0.29) is 5.91 Å². The van der Waals surface area contributed by atoms with E-state index in [1.54, 1.807) is 20.8 Å². The summed E-state index contributed by atoms with van der Waals surface area (Å²) in [5.41, 5.74) is -0.952. The van der Waals surface area contributed by atoms with Gasteiger partial charge in [0.25, 0.3) is 0 Å². The van der Waals surface area contributed by atoms with Crippen molar-refractivity contribution < 1.29 is 14.3 Å². The van der Waals surface area contributed by atoms with Crippen LogP contribution in [0.4, 0.5) is 0 Å². The van der Waals surface area contributed by atoms with Crippen molar-refractivity contribution in [3.63, 3.8) is 0 Å². The molecule has 94 valence electrons. The standard InChI is InChI=1S/C11H22N2O3/c1-5-16-10(15)11(2,3)13-9(14)7-6-8-12-4/h12H,5-8H2,1-4H3,(H,13,14). The second-order valence-electron chi connectivity index (χ2n) is 4.10. The van der Waals surface area contributed by atoms with Crippen LogP contribution >= 0.6 is 0 Å². The van der Waals surface area contributed by atoms with Crippen LogP contribution in [0.15, 0.2) is 0 Å². The molecule has 0 radical (unpaired) electrons. The molecule has 0 fully saturated rings. The number of hydrogen-bond acceptors (Lipinski definition) is 4. The molecule has 0 bridgehead atoms. The van der Waals surface area contributed by atoms with Crippen molar-refractivity contribution in [2.75, 3.05) is 20.2 Å². The molecule has 0 unspecified atom stereocenters. The SMILES string of the molecule is CCOC(=O)C(C)(C)NC(=O)CCCNC. The maximum Gasteiger partial charge on any atom is 0.331 e. The molecule has 1 amide bonds. The van der Waals surface area contributed by atoms with Gasteiger partial charge in [-0.3, -0.25) is 4.79 Å². The average Bonchev–Trinajstić information content (AvgIpc) is 2.17. The van der Waals surface area contributed by atoms with Crippen LogP contribution in [0.25, 0.3) is 0 Å². The molecule has 0 rings (SSSR count). The summed E-state index contributed by atoms with van der Waals surface area (Å²) >= 11 is 0. The van der Waals surface area contributed by atoms with Gasteiger partial charge >= 0.3 is 5.97 Å². The normalized spacial score (nSPS) is 11.0. The van der Waals surface area contributed by atoms with E-state index in [0.717, 1.165) is 13.0 Å². The molecule has 5 heteroatoms. The lowest BCUT2D eigenvalue weighted by molar-refractivity contribution is -0.151. The summed E-state index contributed by atoms with van der Waals surface area (Å²) in [6.07, 6.45) is 1.16. The molecule has 0 heterocycles. The Morgan fingerprint density at radius 1 is 1.31 bits per heavy atom. The Kier molecular flexibility index (Phi) is 6.72. The fraction of sp³-hybridized carbons (Fsp3) is 0.818. The lowest BCUT2D eigenvalue weighted by Crippen LogP contribution is -2.50. The highest BCUT2D eigenvalue weighted by molar-refractivity contribution is 5.87. The van der Waals surface area contributed by atoms with E-state index < -0.39 is 11.5 Å². The summed E-state index contributed by atoms with van der Waals surface area (Å²) in [4.78, 5) is 23.0. The molecule has 0 spiro atoms. The van der Waals surface area contributed by atoms with E-state index in [1.807, 2.05) is 7.05 Å². The molecule has 0 aromatic heterocycles. The number of nitrogens with one attached hydrogen (secondary N) is 2. The summed E-state index contributed by atoms with van der Waals surface area (Å²) in [6, 6.07) is 0. The predicted octanol–water partition coefficient (Wildman–Crippen LogP) is 0.444. The molecule has 0 aromatic rings. The summed E-state index contributed by atoms with van der Waals surface area (Å²) < 4.78 is 4.87. The fourth-order valence-electron chi connectivity index (χ4n) is 1.20. The van der Waals surface area contributed by atoms with Crippen LogP contribution < -0.4 is 10.6 Å². The Hall–Kier alpha value is -1.10. The molecule has 0 atom stereocenters. The van der Waals surface area contributed by atoms with Crippen molar-refractivity contribution in [1.82, 2.24) is 10.6 Å². The first-order valence-corrected chi connectivity index (χ1v) is 5.57. The maximum atomic E-state index is 11.5. The molecule has 0 aliphatic heterocycles. The third-order valence-electron chi connectivity index (χ3n) is 2.07. The Morgan fingerprint density at radius 2 is 1.94 bits per heavy atom. The third-order valence-corrected chi connectivity index (χ3v) is 2.07. The van der Waals surface area contributed by atoms with Crippen molar-refractivity contribution in [2.24, 2.45) is 0 Å². The van der Waals surface area contributed by atoms with E-state index in [4.69, 9.17) is 4.74 Å². The number of rotatable bonds is 7. The average molecular weight is 230 g/mol. The number of carbonyl (C=O) groups excluding carboxylic acids is 2. The second-order valence-corrected chi connectivity index (χ2v) is 4.10. The summed E-state index contributed by atoms with van der Waals surface area (Å²) in [6.45, 7) is 6.12. The predicted molar refractivity (Wildman–Crippen MR) is 62.0 cm³/mol. The number of hydrogen-bond donors (Lipinski definition) is 2. The van der Waals surface area contributed by atoms with Gasteiger partial charge in [0, 0.05) is 6.42 Å². The van der Waals surface area contributed by atoms with Gasteiger partial charge in [-0.15, -0.1) is 0 Å². The Labute approximate surface area is 96.9 Å². The minimum absolute atomic E-state index is 0.131. The zero-order valence-electron chi connectivity index (χ0n) is 10.6. The van der Waals surface area contributed by atoms with E-state index in [2.05, 4.69) is 10.6 Å². The van der Waals surface area contributed by atoms with Crippen molar-refractivity contribution >= 4 is 11.9 Å². The van der Waals surface area contributed by atoms with Gasteiger partial charge < -0.3 is 15.4 Å². The molecule has 16 heavy (non-hydrogen) atoms. The van der Waals surface area contributed by atoms with E-state index in [0.29, 0.717) is 13.0 Å². The molecule has 0 saturated carbocycles. The molecule has 0 aliphatic carbocycles. The van der Waals surface area contributed by atoms with Crippen LogP contribution in [0.1, 0.15) is 33.6 Å². The Morgan fingerprint density at radius 3 is 2.44 bits per heavy atom. The maximum absolute atomic E-state index is 11.5. The van der Waals surface area contributed by atoms with Crippen LogP contribution in [0.3, 0.4) is 0 Å². The first-order chi connectivity index (χ1) is 7.44. The van der Waals surface area contributed by atoms with Gasteiger partial charge in [-0.25, -0.2) is 4.79 Å². The highest BCUT2D eigenvalue weighted by atomic mass is 16.5. The fourth-order valence-corrected chi connectivity index (χ4v) is 1.20. The quantitative estimate of drug-likeness (QED) is 0.492. The molecule has 0 saturated heterocycles. The Balaban J connectivity index is 4.04. The number of ether oxygens (including phenoxy) is 1. The monoisotopic (exact) mass is 230 g/mol. The van der Waals surface area contributed by atoms with Gasteiger partial charge in [0.15, 0.2) is 0 Å². The van der Waals surface area contributed by atoms with E-state index in [9.17, 15) is 9.59 Å². The lowest BCUT2D eigenvalue weighted by atomic mass is 10.1. The van der Waals surface area contributed by atoms with Gasteiger partial charge in [-0.1, -0.05) is 0 Å². The van der Waals surface area contributed by atoms with E-state index >= 15 is 0 Å². The van der Waals surface area contributed by atoms with Gasteiger partial charge in [0.05, 0.1) is 6.61 Å². The third kappa shape index (κ3) is 5.70. The van der Waals surface area contributed by atoms with Gasteiger partial charge in [0.2, 0.25) is 5.91 Å². The van der Waals surface area contributed by atoms with Crippen LogP contribution in [0.2, 0.25) is 0 Å². The minimum atomic E-state index is -0.952. The first-order valence-electron chi connectivity index (χ1n) is 5.57. The van der Waals surface area contributed by atoms with Crippen LogP contribution in [-0.2, 0) is 14.3 Å². The summed E-state index contributed by atoms with van der Waals surface area (Å²) in [5.74, 6) is -0.537. The van der Waals surface area contributed by atoms with Crippen molar-refractivity contribution in [1.29, 1.82) is 0 Å². The van der Waals surface area contributed by atoms with Gasteiger partial charge in [-0.05, 0) is 40.8 Å². The highest BCUT2D eigenvalue weighted by Crippen LogP contribution is 2.06. The lowest BCUT2D eigenvalue weighted by Gasteiger charge is -2.23. The first kappa shape index (κ1) is 14.9. The largest absolute Gasteiger partial charge is 0.464 e. The molecular formula is C11H22N2O3. The Bertz CT molecular complexity index is 239. The minimum Gasteiger partial charge on any atom is -0.464 e. The molecular weight excluding hydrogens is 208 g/mol. The zero-order chi connectivity index (χ0) is 12.6. The highest BCUT2D eigenvalue weighted by Gasteiger charge is 2.30. The molecule has 0 aliphatic rings. The molecule has 2 N–H and O–H groups in total. The molecule has 5 nitrogen and oxygen atoms in total. The summed E-state index contributed by atoms with van der Waals surface area (Å²) in [5, 5.41) is 5.62.